The van der Waals surface area contributed by atoms with Crippen LogP contribution in [0.5, 0.6) is 0 Å². The van der Waals surface area contributed by atoms with Crippen LogP contribution in [0.3, 0.4) is 0 Å². The Morgan fingerprint density at radius 3 is 2.26 bits per heavy atom. The van der Waals surface area contributed by atoms with Gasteiger partial charge < -0.3 is 8.83 Å². The number of fused-ring (bicyclic) bond motifs is 1. The molecule has 0 aliphatic carbocycles. The zero-order valence-electron chi connectivity index (χ0n) is 13.8. The summed E-state index contributed by atoms with van der Waals surface area (Å²) in [5.74, 6) is -0.469. The Balaban J connectivity index is 2.07. The first kappa shape index (κ1) is 19.8. The molecule has 1 aromatic carbocycles. The molecule has 3 aromatic rings. The molecule has 2 aromatic heterocycles. The van der Waals surface area contributed by atoms with Gasteiger partial charge in [-0.2, -0.15) is 16.8 Å². The van der Waals surface area contributed by atoms with Gasteiger partial charge >= 0.3 is 0 Å². The second-order valence-corrected chi connectivity index (χ2v) is 10.0. The zero-order valence-corrected chi connectivity index (χ0v) is 16.2. The Bertz CT molecular complexity index is 1200. The van der Waals surface area contributed by atoms with Gasteiger partial charge in [-0.25, -0.2) is 0 Å². The molecule has 0 amide bonds. The maximum atomic E-state index is 11.5. The van der Waals surface area contributed by atoms with E-state index >= 15 is 0 Å². The molecule has 0 atom stereocenters. The van der Waals surface area contributed by atoms with E-state index in [1.165, 1.54) is 0 Å². The molecular weight excluding hydrogens is 424 g/mol. The summed E-state index contributed by atoms with van der Waals surface area (Å²) in [4.78, 5) is 0. The van der Waals surface area contributed by atoms with Crippen molar-refractivity contribution in [3.63, 3.8) is 0 Å². The summed E-state index contributed by atoms with van der Waals surface area (Å²) in [7, 11) is -10.4. The minimum atomic E-state index is -5.21. The van der Waals surface area contributed by atoms with E-state index in [0.29, 0.717) is 16.0 Å². The van der Waals surface area contributed by atoms with Gasteiger partial charge in [0.05, 0.1) is 5.41 Å². The van der Waals surface area contributed by atoms with Gasteiger partial charge in [0.1, 0.15) is 5.58 Å². The molecule has 3 rings (SSSR count). The maximum Gasteiger partial charge on any atom is 0.285 e. The fourth-order valence-corrected chi connectivity index (χ4v) is 5.80. The molecule has 0 bridgehead atoms. The molecule has 13 heteroatoms. The van der Waals surface area contributed by atoms with E-state index in [1.807, 2.05) is 0 Å². The quantitative estimate of drug-likeness (QED) is 0.568. The van der Waals surface area contributed by atoms with Gasteiger partial charge in [-0.1, -0.05) is 11.6 Å². The molecule has 0 saturated heterocycles. The lowest BCUT2D eigenvalue weighted by Gasteiger charge is -2.25. The summed E-state index contributed by atoms with van der Waals surface area (Å²) >= 11 is 5.90. The minimum absolute atomic E-state index is 0.136. The monoisotopic (exact) mass is 436 g/mol. The second kappa shape index (κ2) is 6.27. The van der Waals surface area contributed by atoms with Crippen LogP contribution < -0.4 is 0 Å². The standard InChI is InChI=1S/C14H13ClN2O8S2/c1-14(2,13(26(18,19)20)27(21,22)23)12-17-16-11(25-12)10-6-7-5-8(15)3-4-9(7)24-10/h3-6,13H,1-2H3,(H,18,19,20)(H,21,22,23). The van der Waals surface area contributed by atoms with Crippen molar-refractivity contribution < 1.29 is 34.8 Å². The SMILES string of the molecule is CC(C)(c1nnc(-c2cc3cc(Cl)ccc3o2)o1)C(S(=O)(=O)O)S(=O)(=O)O. The van der Waals surface area contributed by atoms with Gasteiger partial charge in [0.15, 0.2) is 5.76 Å². The molecule has 0 fully saturated rings. The van der Waals surface area contributed by atoms with E-state index in [9.17, 15) is 25.9 Å². The highest BCUT2D eigenvalue weighted by atomic mass is 35.5. The van der Waals surface area contributed by atoms with E-state index in [-0.39, 0.29) is 11.7 Å². The molecule has 0 aliphatic heterocycles. The third-order valence-electron chi connectivity index (χ3n) is 3.80. The Morgan fingerprint density at radius 2 is 1.67 bits per heavy atom. The van der Waals surface area contributed by atoms with Crippen LogP contribution in [0.4, 0.5) is 0 Å². The molecule has 0 aliphatic rings. The molecule has 2 heterocycles. The summed E-state index contributed by atoms with van der Waals surface area (Å²) in [6.45, 7) is 2.21. The van der Waals surface area contributed by atoms with Crippen molar-refractivity contribution in [1.29, 1.82) is 0 Å². The fourth-order valence-electron chi connectivity index (χ4n) is 2.70. The van der Waals surface area contributed by atoms with Crippen LogP contribution in [0, 0.1) is 0 Å². The summed E-state index contributed by atoms with van der Waals surface area (Å²) in [5, 5.41) is 8.49. The minimum Gasteiger partial charge on any atom is -0.451 e. The Hall–Kier alpha value is -1.99. The van der Waals surface area contributed by atoms with Crippen molar-refractivity contribution in [1.82, 2.24) is 10.2 Å². The first-order valence-corrected chi connectivity index (χ1v) is 10.6. The van der Waals surface area contributed by atoms with Crippen LogP contribution in [-0.4, -0.2) is 40.7 Å². The zero-order chi connectivity index (χ0) is 20.2. The lowest BCUT2D eigenvalue weighted by atomic mass is 9.96. The lowest BCUT2D eigenvalue weighted by Crippen LogP contribution is -2.45. The third kappa shape index (κ3) is 3.71. The van der Waals surface area contributed by atoms with Crippen LogP contribution in [0.2, 0.25) is 5.02 Å². The molecule has 0 saturated carbocycles. The summed E-state index contributed by atoms with van der Waals surface area (Å²) in [5.41, 5.74) is -1.50. The van der Waals surface area contributed by atoms with Crippen molar-refractivity contribution in [2.75, 3.05) is 0 Å². The normalized spacial score (nSPS) is 13.6. The van der Waals surface area contributed by atoms with Crippen LogP contribution >= 0.6 is 11.6 Å². The lowest BCUT2D eigenvalue weighted by molar-refractivity contribution is 0.353. The number of furan rings is 1. The van der Waals surface area contributed by atoms with E-state index in [4.69, 9.17) is 20.4 Å². The molecule has 10 nitrogen and oxygen atoms in total. The number of halogens is 1. The smallest absolute Gasteiger partial charge is 0.285 e. The largest absolute Gasteiger partial charge is 0.451 e. The number of benzene rings is 1. The topological polar surface area (TPSA) is 161 Å². The van der Waals surface area contributed by atoms with Crippen molar-refractivity contribution in [3.05, 3.63) is 35.2 Å². The number of rotatable bonds is 5. The van der Waals surface area contributed by atoms with E-state index < -0.39 is 36.1 Å². The summed E-state index contributed by atoms with van der Waals surface area (Å²) in [6.07, 6.45) is 0. The van der Waals surface area contributed by atoms with Crippen molar-refractivity contribution in [3.8, 4) is 11.7 Å². The first-order chi connectivity index (χ1) is 12.3. The highest BCUT2D eigenvalue weighted by molar-refractivity contribution is 8.04. The van der Waals surface area contributed by atoms with E-state index in [0.717, 1.165) is 13.8 Å². The Morgan fingerprint density at radius 1 is 1.04 bits per heavy atom. The second-order valence-electron chi connectivity index (χ2n) is 6.29. The number of nitrogens with zero attached hydrogens (tertiary/aromatic N) is 2. The van der Waals surface area contributed by atoms with E-state index in [1.54, 1.807) is 24.3 Å². The number of hydrogen-bond donors (Lipinski definition) is 2. The van der Waals surface area contributed by atoms with Gasteiger partial charge in [-0.3, -0.25) is 9.11 Å². The average molecular weight is 437 g/mol. The van der Waals surface area contributed by atoms with Crippen molar-refractivity contribution in [2.24, 2.45) is 0 Å². The number of aromatic nitrogens is 2. The van der Waals surface area contributed by atoms with Crippen LogP contribution in [0.25, 0.3) is 22.6 Å². The third-order valence-corrected chi connectivity index (χ3v) is 7.75. The van der Waals surface area contributed by atoms with Gasteiger partial charge in [0.25, 0.3) is 26.1 Å². The molecule has 0 radical (unpaired) electrons. The maximum absolute atomic E-state index is 11.5. The molecule has 0 unspecified atom stereocenters. The molecule has 146 valence electrons. The van der Waals surface area contributed by atoms with Crippen LogP contribution in [-0.2, 0) is 25.7 Å². The van der Waals surface area contributed by atoms with Gasteiger partial charge in [-0.05, 0) is 38.1 Å². The van der Waals surface area contributed by atoms with Gasteiger partial charge in [0, 0.05) is 10.4 Å². The van der Waals surface area contributed by atoms with Crippen molar-refractivity contribution in [2.45, 2.75) is 23.8 Å². The van der Waals surface area contributed by atoms with Gasteiger partial charge in [0.2, 0.25) is 10.5 Å². The summed E-state index contributed by atoms with van der Waals surface area (Å²) in [6, 6.07) is 6.42. The highest BCUT2D eigenvalue weighted by Crippen LogP contribution is 2.35. The van der Waals surface area contributed by atoms with Crippen molar-refractivity contribution >= 4 is 42.8 Å². The first-order valence-electron chi connectivity index (χ1n) is 7.26. The molecule has 27 heavy (non-hydrogen) atoms. The highest BCUT2D eigenvalue weighted by Gasteiger charge is 2.52. The van der Waals surface area contributed by atoms with Gasteiger partial charge in [-0.15, -0.1) is 10.2 Å². The predicted octanol–water partition coefficient (Wildman–Crippen LogP) is 2.52. The van der Waals surface area contributed by atoms with Crippen LogP contribution in [0.15, 0.2) is 33.1 Å². The molecule has 2 N–H and O–H groups in total. The van der Waals surface area contributed by atoms with Crippen LogP contribution in [0.1, 0.15) is 19.7 Å². The molecular formula is C14H13ClN2O8S2. The van der Waals surface area contributed by atoms with E-state index in [2.05, 4.69) is 10.2 Å². The summed E-state index contributed by atoms with van der Waals surface area (Å²) < 4.78 is 72.9. The molecule has 0 spiro atoms. The number of hydrogen-bond acceptors (Lipinski definition) is 8. The predicted molar refractivity (Wildman–Crippen MR) is 94.4 cm³/mol. The average Bonchev–Trinajstić information content (AvgIpc) is 3.09. The Labute approximate surface area is 158 Å². The fraction of sp³-hybridized carbons (Fsp3) is 0.286. The Kier molecular flexibility index (Phi) is 4.59.